The number of hydrogen-bond acceptors (Lipinski definition) is 6. The number of aliphatic hydroxyl groups is 1. The number of rotatable bonds is 6. The molecule has 4 rings (SSSR count). The van der Waals surface area contributed by atoms with E-state index >= 15 is 0 Å². The van der Waals surface area contributed by atoms with Gasteiger partial charge in [0.15, 0.2) is 0 Å². The highest BCUT2D eigenvalue weighted by atomic mass is 32.2. The third kappa shape index (κ3) is 4.25. The molecule has 0 saturated heterocycles. The Hall–Kier alpha value is -2.83. The molecular weight excluding hydrogens is 430 g/mol. The maximum absolute atomic E-state index is 12.8. The normalized spacial score (nSPS) is 16.8. The summed E-state index contributed by atoms with van der Waals surface area (Å²) in [7, 11) is -4.48. The lowest BCUT2D eigenvalue weighted by Gasteiger charge is -2.20. The van der Waals surface area contributed by atoms with Crippen molar-refractivity contribution >= 4 is 21.7 Å². The smallest absolute Gasteiger partial charge is 0.333 e. The number of amides is 2. The van der Waals surface area contributed by atoms with Crippen molar-refractivity contribution < 1.29 is 22.7 Å². The highest BCUT2D eigenvalue weighted by Gasteiger charge is 2.34. The topological polar surface area (TPSA) is 132 Å². The second-order valence-corrected chi connectivity index (χ2v) is 10.8. The molecule has 0 spiro atoms. The first-order valence-corrected chi connectivity index (χ1v) is 12.2. The molecule has 32 heavy (non-hydrogen) atoms. The molecule has 0 radical (unpaired) electrons. The van der Waals surface area contributed by atoms with E-state index in [2.05, 4.69) is 18.3 Å². The SMILES string of the molecule is C[C@@H](c1ccc2c(c1NC(=O)NS(=O)(=O)c1oc(C(C)(C)O)cc1C#N)CCC2)C1CC1. The number of fused-ring (bicyclic) bond motifs is 1. The number of carbonyl (C=O) groups excluding carboxylic acids is 1. The second-order valence-electron chi connectivity index (χ2n) is 9.19. The van der Waals surface area contributed by atoms with E-state index in [-0.39, 0.29) is 17.2 Å². The Morgan fingerprint density at radius 1 is 1.31 bits per heavy atom. The summed E-state index contributed by atoms with van der Waals surface area (Å²) in [6.45, 7) is 4.94. The van der Waals surface area contributed by atoms with Crippen LogP contribution in [0.1, 0.15) is 74.0 Å². The van der Waals surface area contributed by atoms with Gasteiger partial charge < -0.3 is 14.8 Å². The van der Waals surface area contributed by atoms with Crippen molar-refractivity contribution in [2.75, 3.05) is 5.32 Å². The molecule has 1 fully saturated rings. The molecule has 3 N–H and O–H groups in total. The van der Waals surface area contributed by atoms with Crippen LogP contribution < -0.4 is 10.0 Å². The zero-order valence-electron chi connectivity index (χ0n) is 18.4. The summed E-state index contributed by atoms with van der Waals surface area (Å²) < 4.78 is 32.9. The quantitative estimate of drug-likeness (QED) is 0.603. The number of hydrogen-bond donors (Lipinski definition) is 3. The fraction of sp³-hybridized carbons (Fsp3) is 0.478. The summed E-state index contributed by atoms with van der Waals surface area (Å²) >= 11 is 0. The molecule has 0 unspecified atom stereocenters. The molecule has 1 heterocycles. The predicted molar refractivity (Wildman–Crippen MR) is 118 cm³/mol. The van der Waals surface area contributed by atoms with E-state index in [4.69, 9.17) is 4.42 Å². The van der Waals surface area contributed by atoms with Crippen LogP contribution in [0, 0.1) is 17.2 Å². The van der Waals surface area contributed by atoms with Crippen LogP contribution in [-0.2, 0) is 28.5 Å². The number of sulfonamides is 1. The molecule has 0 bridgehead atoms. The van der Waals surface area contributed by atoms with Crippen LogP contribution in [0.4, 0.5) is 10.5 Å². The molecule has 1 atom stereocenters. The summed E-state index contributed by atoms with van der Waals surface area (Å²) in [5.74, 6) is 0.747. The Bertz CT molecular complexity index is 1210. The summed E-state index contributed by atoms with van der Waals surface area (Å²) in [4.78, 5) is 12.8. The van der Waals surface area contributed by atoms with E-state index < -0.39 is 26.7 Å². The molecule has 1 aromatic heterocycles. The monoisotopic (exact) mass is 457 g/mol. The summed E-state index contributed by atoms with van der Waals surface area (Å²) in [5.41, 5.74) is 2.15. The average molecular weight is 458 g/mol. The molecule has 2 aromatic rings. The van der Waals surface area contributed by atoms with Crippen molar-refractivity contribution in [1.29, 1.82) is 5.26 Å². The number of nitrogens with zero attached hydrogens (tertiary/aromatic N) is 1. The zero-order valence-corrected chi connectivity index (χ0v) is 19.2. The lowest BCUT2D eigenvalue weighted by Crippen LogP contribution is -2.35. The molecular formula is C23H27N3O5S. The van der Waals surface area contributed by atoms with Gasteiger partial charge in [-0.3, -0.25) is 0 Å². The number of aryl methyl sites for hydroxylation is 1. The van der Waals surface area contributed by atoms with Gasteiger partial charge in [-0.15, -0.1) is 0 Å². The van der Waals surface area contributed by atoms with Crippen LogP contribution >= 0.6 is 0 Å². The molecule has 1 saturated carbocycles. The van der Waals surface area contributed by atoms with Gasteiger partial charge >= 0.3 is 6.03 Å². The summed E-state index contributed by atoms with van der Waals surface area (Å²) in [5, 5.41) is 21.5. The highest BCUT2D eigenvalue weighted by Crippen LogP contribution is 2.46. The van der Waals surface area contributed by atoms with Gasteiger partial charge in [-0.2, -0.15) is 13.7 Å². The minimum Gasteiger partial charge on any atom is -0.444 e. The Morgan fingerprint density at radius 3 is 2.66 bits per heavy atom. The fourth-order valence-corrected chi connectivity index (χ4v) is 5.30. The average Bonchev–Trinajstić information content (AvgIpc) is 3.25. The molecule has 8 nitrogen and oxygen atoms in total. The van der Waals surface area contributed by atoms with Gasteiger partial charge in [0, 0.05) is 11.8 Å². The van der Waals surface area contributed by atoms with E-state index in [1.54, 1.807) is 6.07 Å². The van der Waals surface area contributed by atoms with Crippen molar-refractivity contribution in [1.82, 2.24) is 4.72 Å². The number of anilines is 1. The van der Waals surface area contributed by atoms with Crippen molar-refractivity contribution in [3.63, 3.8) is 0 Å². The lowest BCUT2D eigenvalue weighted by atomic mass is 9.91. The van der Waals surface area contributed by atoms with Crippen molar-refractivity contribution in [3.8, 4) is 6.07 Å². The molecule has 2 aliphatic carbocycles. The van der Waals surface area contributed by atoms with E-state index in [1.165, 1.54) is 19.4 Å². The first kappa shape index (κ1) is 22.4. The number of carbonyl (C=O) groups is 1. The maximum atomic E-state index is 12.8. The second kappa shape index (κ2) is 7.94. The van der Waals surface area contributed by atoms with Crippen LogP contribution in [-0.4, -0.2) is 19.6 Å². The first-order valence-electron chi connectivity index (χ1n) is 10.8. The Morgan fingerprint density at radius 2 is 2.03 bits per heavy atom. The molecule has 1 aromatic carbocycles. The van der Waals surface area contributed by atoms with E-state index in [0.717, 1.165) is 49.3 Å². The Kier molecular flexibility index (Phi) is 5.55. The highest BCUT2D eigenvalue weighted by molar-refractivity contribution is 7.90. The van der Waals surface area contributed by atoms with Crippen molar-refractivity contribution in [2.24, 2.45) is 5.92 Å². The largest absolute Gasteiger partial charge is 0.444 e. The van der Waals surface area contributed by atoms with Gasteiger partial charge in [0.25, 0.3) is 15.1 Å². The lowest BCUT2D eigenvalue weighted by molar-refractivity contribution is 0.0501. The van der Waals surface area contributed by atoms with Gasteiger partial charge in [0.05, 0.1) is 0 Å². The van der Waals surface area contributed by atoms with E-state index in [1.807, 2.05) is 10.8 Å². The Balaban J connectivity index is 1.62. The van der Waals surface area contributed by atoms with E-state index in [9.17, 15) is 23.6 Å². The Labute approximate surface area is 187 Å². The zero-order chi connectivity index (χ0) is 23.3. The van der Waals surface area contributed by atoms with Gasteiger partial charge in [-0.1, -0.05) is 19.1 Å². The van der Waals surface area contributed by atoms with Crippen molar-refractivity contribution in [2.45, 2.75) is 69.5 Å². The standard InChI is InChI=1S/C23H27N3O5S/c1-13(14-7-8-14)17-10-9-15-5-4-6-18(15)20(17)25-22(27)26-32(29,30)21-16(12-24)11-19(31-21)23(2,3)28/h9-11,13-14,28H,4-8H2,1-3H3,(H2,25,26,27)/t13-/m1/s1. The van der Waals surface area contributed by atoms with Crippen LogP contribution in [0.25, 0.3) is 0 Å². The summed E-state index contributed by atoms with van der Waals surface area (Å²) in [6.07, 6.45) is 5.05. The number of urea groups is 1. The van der Waals surface area contributed by atoms with Gasteiger partial charge in [0.2, 0.25) is 0 Å². The van der Waals surface area contributed by atoms with Crippen LogP contribution in [0.5, 0.6) is 0 Å². The maximum Gasteiger partial charge on any atom is 0.333 e. The number of benzene rings is 1. The molecule has 2 aliphatic rings. The minimum absolute atomic E-state index is 0.0868. The number of nitrogens with one attached hydrogen (secondary N) is 2. The van der Waals surface area contributed by atoms with Crippen LogP contribution in [0.15, 0.2) is 27.7 Å². The predicted octanol–water partition coefficient (Wildman–Crippen LogP) is 3.89. The van der Waals surface area contributed by atoms with Crippen LogP contribution in [0.3, 0.4) is 0 Å². The first-order chi connectivity index (χ1) is 15.0. The molecule has 2 amide bonds. The van der Waals surface area contributed by atoms with Gasteiger partial charge in [-0.25, -0.2) is 9.52 Å². The minimum atomic E-state index is -4.48. The number of nitriles is 1. The third-order valence-corrected chi connectivity index (χ3v) is 7.51. The molecule has 9 heteroatoms. The van der Waals surface area contributed by atoms with E-state index in [0.29, 0.717) is 11.6 Å². The molecule has 170 valence electrons. The van der Waals surface area contributed by atoms with Gasteiger partial charge in [-0.05, 0) is 74.5 Å². The third-order valence-electron chi connectivity index (χ3n) is 6.27. The van der Waals surface area contributed by atoms with Crippen molar-refractivity contribution in [3.05, 3.63) is 46.2 Å². The number of furan rings is 1. The summed E-state index contributed by atoms with van der Waals surface area (Å²) in [6, 6.07) is 6.12. The fourth-order valence-electron chi connectivity index (χ4n) is 4.32. The molecule has 0 aliphatic heterocycles. The van der Waals surface area contributed by atoms with Crippen LogP contribution in [0.2, 0.25) is 0 Å². The van der Waals surface area contributed by atoms with Gasteiger partial charge in [0.1, 0.15) is 23.0 Å².